The lowest BCUT2D eigenvalue weighted by Crippen LogP contribution is -2.42. The standard InChI is InChI=1S/C32H30ClNO5/c1-19-28(32(37)39-14-13-20-9-5-3-6-10-20)29(23-15-24(33)31(36)27(18-23)38-2)30-25(34-19)16-22(17-26(30)35)21-11-7-4-8-12-21/h3-12,15,18,22,28-29,34,36H,1,13-14,16-17H2,2H3. The van der Waals surface area contributed by atoms with E-state index in [0.29, 0.717) is 36.1 Å². The molecule has 1 aliphatic heterocycles. The number of ether oxygens (including phenoxy) is 2. The molecule has 0 aromatic heterocycles. The largest absolute Gasteiger partial charge is 0.503 e. The summed E-state index contributed by atoms with van der Waals surface area (Å²) in [6.45, 7) is 4.37. The number of phenols is 1. The number of ketones is 1. The molecular formula is C32H30ClNO5. The number of esters is 1. The van der Waals surface area contributed by atoms with Crippen molar-refractivity contribution in [1.82, 2.24) is 5.32 Å². The number of carbonyl (C=O) groups excluding carboxylic acids is 2. The smallest absolute Gasteiger partial charge is 0.315 e. The zero-order valence-corrected chi connectivity index (χ0v) is 22.4. The van der Waals surface area contributed by atoms with Gasteiger partial charge in [-0.15, -0.1) is 0 Å². The normalized spacial score (nSPS) is 20.7. The molecule has 3 aromatic rings. The molecule has 200 valence electrons. The van der Waals surface area contributed by atoms with Crippen LogP contribution in [0.15, 0.2) is 96.3 Å². The summed E-state index contributed by atoms with van der Waals surface area (Å²) in [5.41, 5.74) is 4.42. The molecule has 3 atom stereocenters. The Hall–Kier alpha value is -4.03. The van der Waals surface area contributed by atoms with Crippen molar-refractivity contribution < 1.29 is 24.2 Å². The molecule has 0 radical (unpaired) electrons. The van der Waals surface area contributed by atoms with Crippen molar-refractivity contribution in [2.75, 3.05) is 13.7 Å². The molecule has 5 rings (SSSR count). The van der Waals surface area contributed by atoms with Gasteiger partial charge >= 0.3 is 5.97 Å². The Kier molecular flexibility index (Phi) is 7.75. The minimum Gasteiger partial charge on any atom is -0.503 e. The molecule has 3 unspecified atom stereocenters. The Bertz CT molecular complexity index is 1430. The summed E-state index contributed by atoms with van der Waals surface area (Å²) in [5.74, 6) is -2.15. The first-order valence-electron chi connectivity index (χ1n) is 12.9. The summed E-state index contributed by atoms with van der Waals surface area (Å²) in [6.07, 6.45) is 1.47. The number of methoxy groups -OCH3 is 1. The zero-order valence-electron chi connectivity index (χ0n) is 21.7. The maximum absolute atomic E-state index is 13.8. The fraction of sp³-hybridized carbons (Fsp3) is 0.250. The number of allylic oxidation sites excluding steroid dienone is 2. The zero-order chi connectivity index (χ0) is 27.5. The summed E-state index contributed by atoms with van der Waals surface area (Å²) < 4.78 is 11.1. The van der Waals surface area contributed by atoms with Gasteiger partial charge in [0.15, 0.2) is 17.3 Å². The number of hydrogen-bond donors (Lipinski definition) is 2. The molecular weight excluding hydrogens is 514 g/mol. The molecule has 0 saturated carbocycles. The quantitative estimate of drug-likeness (QED) is 0.352. The predicted octanol–water partition coefficient (Wildman–Crippen LogP) is 6.06. The molecule has 0 saturated heterocycles. The van der Waals surface area contributed by atoms with Crippen molar-refractivity contribution in [3.8, 4) is 11.5 Å². The molecule has 0 spiro atoms. The van der Waals surface area contributed by atoms with Gasteiger partial charge in [0, 0.05) is 35.7 Å². The van der Waals surface area contributed by atoms with Gasteiger partial charge in [0.05, 0.1) is 18.7 Å². The van der Waals surface area contributed by atoms with Gasteiger partial charge in [0.1, 0.15) is 5.92 Å². The number of hydrogen-bond acceptors (Lipinski definition) is 6. The molecule has 6 nitrogen and oxygen atoms in total. The van der Waals surface area contributed by atoms with Crippen LogP contribution >= 0.6 is 11.6 Å². The van der Waals surface area contributed by atoms with Crippen LogP contribution in [0.2, 0.25) is 5.02 Å². The minimum absolute atomic E-state index is 0.00529. The summed E-state index contributed by atoms with van der Waals surface area (Å²) in [4.78, 5) is 27.4. The number of benzene rings is 3. The lowest BCUT2D eigenvalue weighted by Gasteiger charge is -2.40. The van der Waals surface area contributed by atoms with Crippen LogP contribution in [-0.4, -0.2) is 30.6 Å². The van der Waals surface area contributed by atoms with E-state index in [-0.39, 0.29) is 34.8 Å². The third-order valence-corrected chi connectivity index (χ3v) is 7.76. The molecule has 0 fully saturated rings. The van der Waals surface area contributed by atoms with E-state index in [0.717, 1.165) is 16.8 Å². The lowest BCUT2D eigenvalue weighted by atomic mass is 9.69. The van der Waals surface area contributed by atoms with Crippen molar-refractivity contribution in [2.24, 2.45) is 5.92 Å². The molecule has 39 heavy (non-hydrogen) atoms. The van der Waals surface area contributed by atoms with E-state index in [2.05, 4.69) is 11.9 Å². The van der Waals surface area contributed by atoms with Crippen molar-refractivity contribution >= 4 is 23.4 Å². The summed E-state index contributed by atoms with van der Waals surface area (Å²) >= 11 is 6.36. The van der Waals surface area contributed by atoms with Crippen LogP contribution < -0.4 is 10.1 Å². The lowest BCUT2D eigenvalue weighted by molar-refractivity contribution is -0.147. The molecule has 0 amide bonds. The second-order valence-electron chi connectivity index (χ2n) is 9.89. The van der Waals surface area contributed by atoms with Crippen LogP contribution in [0.25, 0.3) is 0 Å². The molecule has 7 heteroatoms. The van der Waals surface area contributed by atoms with Gasteiger partial charge in [0.25, 0.3) is 0 Å². The van der Waals surface area contributed by atoms with Gasteiger partial charge < -0.3 is 19.9 Å². The van der Waals surface area contributed by atoms with Gasteiger partial charge in [0.2, 0.25) is 0 Å². The average Bonchev–Trinajstić information content (AvgIpc) is 2.94. The maximum Gasteiger partial charge on any atom is 0.315 e. The maximum atomic E-state index is 13.8. The first-order valence-corrected chi connectivity index (χ1v) is 13.3. The number of halogens is 1. The Labute approximate surface area is 232 Å². The Morgan fingerprint density at radius 2 is 1.74 bits per heavy atom. The molecule has 0 bridgehead atoms. The van der Waals surface area contributed by atoms with Gasteiger partial charge in [-0.1, -0.05) is 78.8 Å². The van der Waals surface area contributed by atoms with Crippen molar-refractivity contribution in [1.29, 1.82) is 0 Å². The first-order chi connectivity index (χ1) is 18.9. The molecule has 3 aromatic carbocycles. The highest BCUT2D eigenvalue weighted by molar-refractivity contribution is 6.32. The predicted molar refractivity (Wildman–Crippen MR) is 150 cm³/mol. The Morgan fingerprint density at radius 3 is 2.44 bits per heavy atom. The second-order valence-corrected chi connectivity index (χ2v) is 10.3. The van der Waals surface area contributed by atoms with Gasteiger partial charge in [-0.2, -0.15) is 0 Å². The van der Waals surface area contributed by atoms with E-state index < -0.39 is 17.8 Å². The minimum atomic E-state index is -0.873. The van der Waals surface area contributed by atoms with E-state index in [9.17, 15) is 14.7 Å². The number of carbonyl (C=O) groups is 2. The van der Waals surface area contributed by atoms with E-state index >= 15 is 0 Å². The number of rotatable bonds is 7. The summed E-state index contributed by atoms with van der Waals surface area (Å²) in [5, 5.41) is 13.7. The SMILES string of the molecule is C=C1NC2=C(C(=O)CC(c3ccccc3)C2)C(c2cc(Cl)c(O)c(OC)c2)C1C(=O)OCCc1ccccc1. The third kappa shape index (κ3) is 5.43. The number of nitrogens with one attached hydrogen (secondary N) is 1. The molecule has 2 aliphatic rings. The topological polar surface area (TPSA) is 84.9 Å². The number of phenolic OH excluding ortho intramolecular Hbond substituents is 1. The highest BCUT2D eigenvalue weighted by Crippen LogP contribution is 2.49. The van der Waals surface area contributed by atoms with Crippen molar-refractivity contribution in [3.63, 3.8) is 0 Å². The highest BCUT2D eigenvalue weighted by atomic mass is 35.5. The van der Waals surface area contributed by atoms with Gasteiger partial charge in [-0.25, -0.2) is 0 Å². The van der Waals surface area contributed by atoms with E-state index in [1.54, 1.807) is 12.1 Å². The van der Waals surface area contributed by atoms with E-state index in [1.165, 1.54) is 7.11 Å². The highest BCUT2D eigenvalue weighted by Gasteiger charge is 2.46. The van der Waals surface area contributed by atoms with Crippen LogP contribution in [0.5, 0.6) is 11.5 Å². The monoisotopic (exact) mass is 543 g/mol. The Morgan fingerprint density at radius 1 is 1.05 bits per heavy atom. The van der Waals surface area contributed by atoms with E-state index in [4.69, 9.17) is 21.1 Å². The van der Waals surface area contributed by atoms with Crippen LogP contribution in [0.1, 0.15) is 41.4 Å². The fourth-order valence-corrected chi connectivity index (χ4v) is 5.80. The first kappa shape index (κ1) is 26.6. The molecule has 2 N–H and O–H groups in total. The van der Waals surface area contributed by atoms with Crippen LogP contribution in [0.3, 0.4) is 0 Å². The van der Waals surface area contributed by atoms with Gasteiger partial charge in [-0.3, -0.25) is 9.59 Å². The van der Waals surface area contributed by atoms with Gasteiger partial charge in [-0.05, 0) is 41.2 Å². The van der Waals surface area contributed by atoms with Crippen molar-refractivity contribution in [3.05, 3.63) is 118 Å². The molecule has 1 aliphatic carbocycles. The van der Waals surface area contributed by atoms with Crippen molar-refractivity contribution in [2.45, 2.75) is 31.1 Å². The summed E-state index contributed by atoms with van der Waals surface area (Å²) in [6, 6.07) is 22.9. The summed E-state index contributed by atoms with van der Waals surface area (Å²) in [7, 11) is 1.42. The molecule has 1 heterocycles. The average molecular weight is 544 g/mol. The fourth-order valence-electron chi connectivity index (χ4n) is 5.58. The Balaban J connectivity index is 1.52. The van der Waals surface area contributed by atoms with Crippen LogP contribution in [0, 0.1) is 5.92 Å². The van der Waals surface area contributed by atoms with Crippen LogP contribution in [0.4, 0.5) is 0 Å². The second kappa shape index (κ2) is 11.4. The number of aromatic hydroxyl groups is 1. The van der Waals surface area contributed by atoms with E-state index in [1.807, 2.05) is 60.7 Å². The third-order valence-electron chi connectivity index (χ3n) is 7.47. The number of Topliss-reactive ketones (excluding diaryl/α,β-unsaturated/α-hetero) is 1. The van der Waals surface area contributed by atoms with Crippen LogP contribution in [-0.2, 0) is 20.7 Å².